The number of ether oxygens (including phenoxy) is 2. The molecule has 0 bridgehead atoms. The van der Waals surface area contributed by atoms with Crippen LogP contribution in [-0.2, 0) is 6.42 Å². The zero-order valence-electron chi connectivity index (χ0n) is 19.5. The molecule has 0 saturated carbocycles. The number of rotatable bonds is 7. The van der Waals surface area contributed by atoms with Crippen molar-refractivity contribution in [3.05, 3.63) is 94.4 Å². The summed E-state index contributed by atoms with van der Waals surface area (Å²) in [4.78, 5) is 21.1. The smallest absolute Gasteiger partial charge is 0.265 e. The Morgan fingerprint density at radius 2 is 1.66 bits per heavy atom. The Morgan fingerprint density at radius 1 is 0.943 bits per heavy atom. The van der Waals surface area contributed by atoms with Gasteiger partial charge in [-0.25, -0.2) is 4.57 Å². The molecule has 0 radical (unpaired) electrons. The molecule has 0 aliphatic carbocycles. The van der Waals surface area contributed by atoms with Gasteiger partial charge in [0.2, 0.25) is 5.88 Å². The Bertz CT molecular complexity index is 1600. The predicted octanol–water partition coefficient (Wildman–Crippen LogP) is 4.86. The standard InChI is InChI=1S/C28H25N3O4/c1-34-20-9-7-19(8-10-20)31-27(32)23-6-4-3-5-22(23)25(28(31)33)17-29-14-13-18-16-30-26-12-11-21(35-2)15-24(18)26/h3-12,15-17,30,33H,13-14H2,1-2H3. The van der Waals surface area contributed by atoms with Crippen LogP contribution in [0.2, 0.25) is 0 Å². The van der Waals surface area contributed by atoms with Crippen LogP contribution in [0, 0.1) is 0 Å². The Morgan fingerprint density at radius 3 is 2.40 bits per heavy atom. The number of aliphatic imine (C=N–C) groups is 1. The number of aromatic amines is 1. The number of fused-ring (bicyclic) bond motifs is 2. The first-order valence-electron chi connectivity index (χ1n) is 11.3. The molecule has 2 heterocycles. The molecule has 0 aliphatic rings. The number of H-pyrrole nitrogens is 1. The van der Waals surface area contributed by atoms with Crippen LogP contribution in [0.25, 0.3) is 27.4 Å². The summed E-state index contributed by atoms with van der Waals surface area (Å²) in [5, 5.41) is 13.4. The third-order valence-electron chi connectivity index (χ3n) is 6.14. The van der Waals surface area contributed by atoms with Crippen LogP contribution >= 0.6 is 0 Å². The highest BCUT2D eigenvalue weighted by Gasteiger charge is 2.16. The average molecular weight is 468 g/mol. The molecule has 176 valence electrons. The van der Waals surface area contributed by atoms with Crippen molar-refractivity contribution in [2.45, 2.75) is 6.42 Å². The van der Waals surface area contributed by atoms with Gasteiger partial charge in [0.15, 0.2) is 0 Å². The Hall–Kier alpha value is -4.52. The van der Waals surface area contributed by atoms with Crippen molar-refractivity contribution in [1.82, 2.24) is 9.55 Å². The molecule has 0 amide bonds. The fraction of sp³-hybridized carbons (Fsp3) is 0.143. The van der Waals surface area contributed by atoms with Crippen molar-refractivity contribution < 1.29 is 14.6 Å². The molecule has 5 rings (SSSR count). The third-order valence-corrected chi connectivity index (χ3v) is 6.14. The van der Waals surface area contributed by atoms with Crippen LogP contribution in [0.15, 0.2) is 82.7 Å². The summed E-state index contributed by atoms with van der Waals surface area (Å²) >= 11 is 0. The second-order valence-corrected chi connectivity index (χ2v) is 8.13. The van der Waals surface area contributed by atoms with E-state index < -0.39 is 0 Å². The van der Waals surface area contributed by atoms with Crippen molar-refractivity contribution in [1.29, 1.82) is 0 Å². The molecule has 0 saturated heterocycles. The molecule has 0 spiro atoms. The number of nitrogens with zero attached hydrogens (tertiary/aromatic N) is 2. The molecule has 7 nitrogen and oxygen atoms in total. The van der Waals surface area contributed by atoms with Gasteiger partial charge in [0.05, 0.1) is 25.5 Å². The van der Waals surface area contributed by atoms with Gasteiger partial charge < -0.3 is 19.6 Å². The Balaban J connectivity index is 1.49. The van der Waals surface area contributed by atoms with E-state index in [-0.39, 0.29) is 11.4 Å². The van der Waals surface area contributed by atoms with Gasteiger partial charge in [0.25, 0.3) is 5.56 Å². The topological polar surface area (TPSA) is 88.8 Å². The van der Waals surface area contributed by atoms with Crippen molar-refractivity contribution in [3.8, 4) is 23.1 Å². The molecule has 2 aromatic heterocycles. The second-order valence-electron chi connectivity index (χ2n) is 8.13. The summed E-state index contributed by atoms with van der Waals surface area (Å²) < 4.78 is 11.9. The van der Waals surface area contributed by atoms with E-state index in [1.807, 2.05) is 42.6 Å². The fourth-order valence-corrected chi connectivity index (χ4v) is 4.29. The molecular formula is C28H25N3O4. The van der Waals surface area contributed by atoms with Crippen molar-refractivity contribution in [3.63, 3.8) is 0 Å². The van der Waals surface area contributed by atoms with Crippen LogP contribution in [0.5, 0.6) is 17.4 Å². The van der Waals surface area contributed by atoms with Gasteiger partial charge in [-0.05, 0) is 60.5 Å². The quantitative estimate of drug-likeness (QED) is 0.335. The average Bonchev–Trinajstić information content (AvgIpc) is 3.30. The lowest BCUT2D eigenvalue weighted by molar-refractivity contribution is 0.414. The van der Waals surface area contributed by atoms with E-state index in [2.05, 4.69) is 9.98 Å². The third kappa shape index (κ3) is 4.12. The van der Waals surface area contributed by atoms with Crippen molar-refractivity contribution >= 4 is 27.9 Å². The molecule has 3 aromatic carbocycles. The van der Waals surface area contributed by atoms with Crippen molar-refractivity contribution in [2.24, 2.45) is 4.99 Å². The number of hydrogen-bond donors (Lipinski definition) is 2. The maximum absolute atomic E-state index is 13.2. The lowest BCUT2D eigenvalue weighted by Gasteiger charge is -2.14. The molecule has 0 atom stereocenters. The lowest BCUT2D eigenvalue weighted by atomic mass is 10.1. The van der Waals surface area contributed by atoms with E-state index in [9.17, 15) is 9.90 Å². The normalized spacial score (nSPS) is 11.5. The molecule has 35 heavy (non-hydrogen) atoms. The van der Waals surface area contributed by atoms with Gasteiger partial charge in [-0.15, -0.1) is 0 Å². The highest BCUT2D eigenvalue weighted by molar-refractivity contribution is 6.01. The zero-order chi connectivity index (χ0) is 24.4. The number of nitrogens with one attached hydrogen (secondary N) is 1. The molecule has 2 N–H and O–H groups in total. The van der Waals surface area contributed by atoms with Crippen LogP contribution in [0.3, 0.4) is 0 Å². The van der Waals surface area contributed by atoms with Crippen molar-refractivity contribution in [2.75, 3.05) is 20.8 Å². The molecule has 0 unspecified atom stereocenters. The first-order valence-corrected chi connectivity index (χ1v) is 11.3. The van der Waals surface area contributed by atoms with E-state index in [4.69, 9.17) is 9.47 Å². The highest BCUT2D eigenvalue weighted by Crippen LogP contribution is 2.27. The van der Waals surface area contributed by atoms with E-state index >= 15 is 0 Å². The van der Waals surface area contributed by atoms with E-state index in [1.165, 1.54) is 4.57 Å². The number of pyridine rings is 1. The summed E-state index contributed by atoms with van der Waals surface area (Å²) in [5.74, 6) is 1.32. The van der Waals surface area contributed by atoms with Gasteiger partial charge in [-0.1, -0.05) is 18.2 Å². The molecule has 0 aliphatic heterocycles. The summed E-state index contributed by atoms with van der Waals surface area (Å²) in [6.07, 6.45) is 4.34. The van der Waals surface area contributed by atoms with Crippen LogP contribution in [0.4, 0.5) is 0 Å². The summed E-state index contributed by atoms with van der Waals surface area (Å²) in [5.41, 5.74) is 2.92. The Labute approximate surface area is 201 Å². The van der Waals surface area contributed by atoms with E-state index in [0.717, 1.165) is 22.2 Å². The molecule has 0 fully saturated rings. The first kappa shape index (κ1) is 22.3. The van der Waals surface area contributed by atoms with Gasteiger partial charge >= 0.3 is 0 Å². The van der Waals surface area contributed by atoms with Gasteiger partial charge in [-0.2, -0.15) is 0 Å². The monoisotopic (exact) mass is 467 g/mol. The minimum atomic E-state index is -0.298. The maximum atomic E-state index is 13.2. The van der Waals surface area contributed by atoms with Gasteiger partial charge in [-0.3, -0.25) is 9.79 Å². The zero-order valence-corrected chi connectivity index (χ0v) is 19.5. The Kier molecular flexibility index (Phi) is 5.97. The predicted molar refractivity (Wildman–Crippen MR) is 139 cm³/mol. The minimum Gasteiger partial charge on any atom is -0.497 e. The van der Waals surface area contributed by atoms with Gasteiger partial charge in [0.1, 0.15) is 11.5 Å². The van der Waals surface area contributed by atoms with E-state index in [1.54, 1.807) is 50.8 Å². The number of aromatic nitrogens is 2. The first-order chi connectivity index (χ1) is 17.1. The summed E-state index contributed by atoms with van der Waals surface area (Å²) in [6, 6.07) is 20.1. The van der Waals surface area contributed by atoms with Crippen LogP contribution < -0.4 is 15.0 Å². The lowest BCUT2D eigenvalue weighted by Crippen LogP contribution is -2.20. The number of hydrogen-bond acceptors (Lipinski definition) is 5. The maximum Gasteiger partial charge on any atom is 0.265 e. The summed E-state index contributed by atoms with van der Waals surface area (Å²) in [6.45, 7) is 0.513. The highest BCUT2D eigenvalue weighted by atomic mass is 16.5. The number of methoxy groups -OCH3 is 2. The molecule has 7 heteroatoms. The van der Waals surface area contributed by atoms with Gasteiger partial charge in [0, 0.05) is 40.6 Å². The minimum absolute atomic E-state index is 0.153. The fourth-order valence-electron chi connectivity index (χ4n) is 4.29. The van der Waals surface area contributed by atoms with E-state index in [0.29, 0.717) is 40.7 Å². The van der Waals surface area contributed by atoms with Crippen LogP contribution in [-0.4, -0.2) is 41.6 Å². The molecular weight excluding hydrogens is 442 g/mol. The summed E-state index contributed by atoms with van der Waals surface area (Å²) in [7, 11) is 3.23. The number of aromatic hydroxyl groups is 1. The number of benzene rings is 3. The largest absolute Gasteiger partial charge is 0.497 e. The SMILES string of the molecule is COc1ccc(-n2c(O)c(C=NCCc3c[nH]c4ccc(OC)cc34)c3ccccc3c2=O)cc1. The second kappa shape index (κ2) is 9.38. The van der Waals surface area contributed by atoms with Crippen LogP contribution in [0.1, 0.15) is 11.1 Å². The molecule has 5 aromatic rings.